The van der Waals surface area contributed by atoms with Crippen LogP contribution in [0.2, 0.25) is 0 Å². The maximum absolute atomic E-state index is 4.39. The van der Waals surface area contributed by atoms with E-state index in [0.29, 0.717) is 11.5 Å². The van der Waals surface area contributed by atoms with Gasteiger partial charge in [-0.15, -0.1) is 0 Å². The number of hydrogen-bond donors (Lipinski definition) is 1. The average molecular weight is 260 g/mol. The van der Waals surface area contributed by atoms with Gasteiger partial charge in [0.1, 0.15) is 0 Å². The zero-order valence-electron chi connectivity index (χ0n) is 12.9. The maximum Gasteiger partial charge on any atom is 0.0369 e. The Bertz CT molecular complexity index is 411. The first kappa shape index (κ1) is 14.5. The third-order valence-electron chi connectivity index (χ3n) is 4.61. The summed E-state index contributed by atoms with van der Waals surface area (Å²) in [4.78, 5) is 4.39. The van der Waals surface area contributed by atoms with Crippen molar-refractivity contribution in [3.05, 3.63) is 29.6 Å². The Morgan fingerprint density at radius 1 is 1.42 bits per heavy atom. The molecule has 19 heavy (non-hydrogen) atoms. The summed E-state index contributed by atoms with van der Waals surface area (Å²) in [6, 6.07) is 2.76. The van der Waals surface area contributed by atoms with Crippen LogP contribution in [0.25, 0.3) is 0 Å². The molecule has 2 rings (SSSR count). The largest absolute Gasteiger partial charge is 0.310 e. The van der Waals surface area contributed by atoms with Crippen molar-refractivity contribution in [1.29, 1.82) is 0 Å². The van der Waals surface area contributed by atoms with E-state index in [4.69, 9.17) is 0 Å². The molecule has 2 heteroatoms. The lowest BCUT2D eigenvalue weighted by atomic mass is 9.75. The summed E-state index contributed by atoms with van der Waals surface area (Å²) in [5.74, 6) is 0.725. The van der Waals surface area contributed by atoms with Crippen LogP contribution >= 0.6 is 0 Å². The van der Waals surface area contributed by atoms with E-state index in [9.17, 15) is 0 Å². The molecule has 0 aliphatic heterocycles. The second kappa shape index (κ2) is 6.04. The predicted molar refractivity (Wildman–Crippen MR) is 81.1 cm³/mol. The first-order valence-corrected chi connectivity index (χ1v) is 7.69. The normalized spacial score (nSPS) is 23.5. The van der Waals surface area contributed by atoms with Crippen LogP contribution in [-0.2, 0) is 0 Å². The van der Waals surface area contributed by atoms with Crippen molar-refractivity contribution < 1.29 is 0 Å². The molecule has 0 amide bonds. The highest BCUT2D eigenvalue weighted by atomic mass is 14.9. The van der Waals surface area contributed by atoms with Crippen LogP contribution in [0.4, 0.5) is 0 Å². The fraction of sp³-hybridized carbons (Fsp3) is 0.706. The molecule has 0 aromatic carbocycles. The number of rotatable bonds is 5. The minimum atomic E-state index is 0.440. The summed E-state index contributed by atoms with van der Waals surface area (Å²) in [6.07, 6.45) is 9.22. The maximum atomic E-state index is 4.39. The highest BCUT2D eigenvalue weighted by Gasteiger charge is 2.39. The Morgan fingerprint density at radius 2 is 2.21 bits per heavy atom. The molecule has 0 bridgehead atoms. The number of nitrogens with one attached hydrogen (secondary N) is 1. The molecule has 2 unspecified atom stereocenters. The van der Waals surface area contributed by atoms with Gasteiger partial charge in [0.2, 0.25) is 0 Å². The van der Waals surface area contributed by atoms with Crippen molar-refractivity contribution in [2.45, 2.75) is 59.4 Å². The van der Waals surface area contributed by atoms with Crippen LogP contribution in [0.1, 0.15) is 63.6 Å². The molecule has 2 atom stereocenters. The molecule has 1 aromatic rings. The van der Waals surface area contributed by atoms with Gasteiger partial charge in [0.15, 0.2) is 0 Å². The van der Waals surface area contributed by atoms with Crippen molar-refractivity contribution >= 4 is 0 Å². The van der Waals surface area contributed by atoms with Crippen molar-refractivity contribution in [2.75, 3.05) is 6.54 Å². The van der Waals surface area contributed by atoms with E-state index >= 15 is 0 Å². The molecule has 0 saturated heterocycles. The van der Waals surface area contributed by atoms with Gasteiger partial charge in [-0.05, 0) is 55.2 Å². The Morgan fingerprint density at radius 3 is 2.79 bits per heavy atom. The van der Waals surface area contributed by atoms with Crippen molar-refractivity contribution in [2.24, 2.45) is 11.3 Å². The second-order valence-corrected chi connectivity index (χ2v) is 6.71. The van der Waals surface area contributed by atoms with E-state index in [1.54, 1.807) is 0 Å². The van der Waals surface area contributed by atoms with Gasteiger partial charge >= 0.3 is 0 Å². The van der Waals surface area contributed by atoms with E-state index in [1.807, 2.05) is 6.20 Å². The lowest BCUT2D eigenvalue weighted by Crippen LogP contribution is -2.34. The van der Waals surface area contributed by atoms with E-state index < -0.39 is 0 Å². The number of hydrogen-bond acceptors (Lipinski definition) is 2. The smallest absolute Gasteiger partial charge is 0.0369 e. The molecule has 1 aromatic heterocycles. The molecule has 1 saturated carbocycles. The lowest BCUT2D eigenvalue weighted by molar-refractivity contribution is 0.197. The quantitative estimate of drug-likeness (QED) is 0.855. The summed E-state index contributed by atoms with van der Waals surface area (Å²) in [5.41, 5.74) is 3.07. The Hall–Kier alpha value is -0.890. The Balaban J connectivity index is 2.25. The third-order valence-corrected chi connectivity index (χ3v) is 4.61. The average Bonchev–Trinajstić information content (AvgIpc) is 2.70. The van der Waals surface area contributed by atoms with Crippen LogP contribution in [0.15, 0.2) is 18.5 Å². The summed E-state index contributed by atoms with van der Waals surface area (Å²) in [7, 11) is 0. The molecule has 1 heterocycles. The fourth-order valence-corrected chi connectivity index (χ4v) is 3.51. The first-order chi connectivity index (χ1) is 9.04. The molecule has 1 N–H and O–H groups in total. The van der Waals surface area contributed by atoms with Gasteiger partial charge in [-0.25, -0.2) is 0 Å². The molecule has 2 nitrogen and oxygen atoms in total. The number of pyridine rings is 1. The predicted octanol–water partition coefficient (Wildman–Crippen LogP) is 4.26. The minimum Gasteiger partial charge on any atom is -0.310 e. The first-order valence-electron chi connectivity index (χ1n) is 7.69. The monoisotopic (exact) mass is 260 g/mol. The van der Waals surface area contributed by atoms with Crippen LogP contribution in [0, 0.1) is 18.3 Å². The van der Waals surface area contributed by atoms with Gasteiger partial charge in [-0.1, -0.05) is 33.3 Å². The lowest BCUT2D eigenvalue weighted by Gasteiger charge is -2.35. The zero-order valence-corrected chi connectivity index (χ0v) is 12.9. The van der Waals surface area contributed by atoms with E-state index in [2.05, 4.69) is 50.3 Å². The fourth-order valence-electron chi connectivity index (χ4n) is 3.51. The van der Waals surface area contributed by atoms with Gasteiger partial charge in [-0.3, -0.25) is 4.98 Å². The van der Waals surface area contributed by atoms with Crippen LogP contribution in [-0.4, -0.2) is 11.5 Å². The highest BCUT2D eigenvalue weighted by molar-refractivity contribution is 5.22. The van der Waals surface area contributed by atoms with E-state index in [-0.39, 0.29) is 0 Å². The Kier molecular flexibility index (Phi) is 4.62. The van der Waals surface area contributed by atoms with Crippen LogP contribution in [0.5, 0.6) is 0 Å². The van der Waals surface area contributed by atoms with Crippen molar-refractivity contribution in [1.82, 2.24) is 10.3 Å². The second-order valence-electron chi connectivity index (χ2n) is 6.71. The Labute approximate surface area is 118 Å². The minimum absolute atomic E-state index is 0.440. The molecular weight excluding hydrogens is 232 g/mol. The van der Waals surface area contributed by atoms with E-state index in [0.717, 1.165) is 12.5 Å². The zero-order chi connectivity index (χ0) is 13.9. The topological polar surface area (TPSA) is 24.9 Å². The molecule has 0 radical (unpaired) electrons. The van der Waals surface area contributed by atoms with Gasteiger partial charge < -0.3 is 5.32 Å². The standard InChI is InChI=1S/C17H28N2/c1-5-9-19-16(14-10-13(2)11-18-12-14)15-7-6-8-17(15,3)4/h10-12,15-16,19H,5-9H2,1-4H3. The molecule has 0 spiro atoms. The highest BCUT2D eigenvalue weighted by Crippen LogP contribution is 2.48. The third kappa shape index (κ3) is 3.36. The summed E-state index contributed by atoms with van der Waals surface area (Å²) < 4.78 is 0. The summed E-state index contributed by atoms with van der Waals surface area (Å²) in [6.45, 7) is 10.3. The molecule has 1 aliphatic rings. The number of aryl methyl sites for hydroxylation is 1. The number of aromatic nitrogens is 1. The molecule has 106 valence electrons. The molecule has 1 aliphatic carbocycles. The van der Waals surface area contributed by atoms with Crippen molar-refractivity contribution in [3.8, 4) is 0 Å². The molecular formula is C17H28N2. The number of nitrogens with zero attached hydrogens (tertiary/aromatic N) is 1. The summed E-state index contributed by atoms with van der Waals surface area (Å²) in [5, 5.41) is 3.77. The van der Waals surface area contributed by atoms with Crippen LogP contribution in [0.3, 0.4) is 0 Å². The summed E-state index contributed by atoms with van der Waals surface area (Å²) >= 11 is 0. The van der Waals surface area contributed by atoms with E-state index in [1.165, 1.54) is 36.8 Å². The van der Waals surface area contributed by atoms with Gasteiger partial charge in [0.05, 0.1) is 0 Å². The van der Waals surface area contributed by atoms with Crippen LogP contribution < -0.4 is 5.32 Å². The van der Waals surface area contributed by atoms with Gasteiger partial charge in [0, 0.05) is 18.4 Å². The SMILES string of the molecule is CCCNC(c1cncc(C)c1)C1CCCC1(C)C. The van der Waals surface area contributed by atoms with Gasteiger partial charge in [0.25, 0.3) is 0 Å². The van der Waals surface area contributed by atoms with Crippen molar-refractivity contribution in [3.63, 3.8) is 0 Å². The molecule has 1 fully saturated rings. The van der Waals surface area contributed by atoms with Gasteiger partial charge in [-0.2, -0.15) is 0 Å².